The highest BCUT2D eigenvalue weighted by molar-refractivity contribution is 7.90. The summed E-state index contributed by atoms with van der Waals surface area (Å²) in [6.45, 7) is 9.86. The first kappa shape index (κ1) is 24.5. The van der Waals surface area contributed by atoms with Crippen LogP contribution in [0, 0.1) is 0 Å². The second-order valence-electron chi connectivity index (χ2n) is 10.1. The lowest BCUT2D eigenvalue weighted by Gasteiger charge is -2.35. The summed E-state index contributed by atoms with van der Waals surface area (Å²) in [7, 11) is -3.68. The summed E-state index contributed by atoms with van der Waals surface area (Å²) in [5.41, 5.74) is 10.9. The number of piperidine rings is 1. The molecular weight excluding hydrogens is 472 g/mol. The van der Waals surface area contributed by atoms with Crippen LogP contribution in [0.1, 0.15) is 46.6 Å². The number of likely N-dealkylation sites (tertiary alicyclic amines) is 1. The van der Waals surface area contributed by atoms with E-state index in [2.05, 4.69) is 40.4 Å². The van der Waals surface area contributed by atoms with Gasteiger partial charge in [0.25, 0.3) is 0 Å². The van der Waals surface area contributed by atoms with Crippen molar-refractivity contribution < 1.29 is 8.42 Å². The van der Waals surface area contributed by atoms with E-state index in [0.29, 0.717) is 23.1 Å². The molecule has 2 N–H and O–H groups in total. The third-order valence-corrected chi connectivity index (χ3v) is 9.31. The van der Waals surface area contributed by atoms with Crippen LogP contribution >= 0.6 is 0 Å². The Kier molecular flexibility index (Phi) is 6.38. The van der Waals surface area contributed by atoms with E-state index >= 15 is 0 Å². The first-order valence-electron chi connectivity index (χ1n) is 12.6. The lowest BCUT2D eigenvalue weighted by atomic mass is 10.00. The number of aromatic nitrogens is 4. The highest BCUT2D eigenvalue weighted by atomic mass is 32.2. The van der Waals surface area contributed by atoms with E-state index in [1.54, 1.807) is 13.8 Å². The molecular formula is C27H34N6O2S. The van der Waals surface area contributed by atoms with Gasteiger partial charge in [-0.1, -0.05) is 36.4 Å². The fraction of sp³-hybridized carbons (Fsp3) is 0.407. The summed E-state index contributed by atoms with van der Waals surface area (Å²) < 4.78 is 29.7. The van der Waals surface area contributed by atoms with Crippen molar-refractivity contribution in [3.63, 3.8) is 0 Å². The maximum atomic E-state index is 13.1. The normalized spacial score (nSPS) is 15.9. The number of nitrogens with two attached hydrogens (primary N) is 1. The predicted molar refractivity (Wildman–Crippen MR) is 145 cm³/mol. The number of nitrogen functional groups attached to an aromatic ring is 1. The maximum Gasteiger partial charge on any atom is 0.244 e. The Balaban J connectivity index is 1.67. The zero-order valence-corrected chi connectivity index (χ0v) is 22.1. The van der Waals surface area contributed by atoms with Crippen LogP contribution in [0.3, 0.4) is 0 Å². The Morgan fingerprint density at radius 1 is 0.972 bits per heavy atom. The summed E-state index contributed by atoms with van der Waals surface area (Å²) in [5.74, 6) is -0.0197. The first-order valence-corrected chi connectivity index (χ1v) is 14.1. The monoisotopic (exact) mass is 506 g/mol. The molecule has 0 bridgehead atoms. The molecule has 0 amide bonds. The Morgan fingerprint density at radius 3 is 2.31 bits per heavy atom. The number of nitrogens with zero attached hydrogens (tertiary/aromatic N) is 5. The molecule has 0 unspecified atom stereocenters. The van der Waals surface area contributed by atoms with Crippen molar-refractivity contribution in [2.45, 2.75) is 57.9 Å². The van der Waals surface area contributed by atoms with Gasteiger partial charge in [0.1, 0.15) is 0 Å². The minimum Gasteiger partial charge on any atom is -0.368 e. The van der Waals surface area contributed by atoms with E-state index in [4.69, 9.17) is 10.7 Å². The Morgan fingerprint density at radius 2 is 1.67 bits per heavy atom. The third kappa shape index (κ3) is 4.20. The van der Waals surface area contributed by atoms with Crippen molar-refractivity contribution in [1.29, 1.82) is 0 Å². The number of hydrogen-bond acceptors (Lipinski definition) is 6. The molecule has 0 atom stereocenters. The van der Waals surface area contributed by atoms with Gasteiger partial charge in [-0.15, -0.1) is 0 Å². The molecule has 4 aromatic rings. The Bertz CT molecular complexity index is 1480. The number of imidazole rings is 2. The van der Waals surface area contributed by atoms with Gasteiger partial charge in [0, 0.05) is 36.3 Å². The SMILES string of the molecule is CC(C)N1CCC(n2cnc(-c3ccccc3)c2-c2ccc3nc(N)n(S(=O)(=O)C(C)C)c3c2)CC1. The van der Waals surface area contributed by atoms with Crippen molar-refractivity contribution in [2.24, 2.45) is 0 Å². The second-order valence-corrected chi connectivity index (χ2v) is 12.4. The van der Waals surface area contributed by atoms with Crippen molar-refractivity contribution in [1.82, 2.24) is 23.4 Å². The maximum absolute atomic E-state index is 13.1. The van der Waals surface area contributed by atoms with Gasteiger partial charge in [-0.2, -0.15) is 0 Å². The second kappa shape index (κ2) is 9.37. The van der Waals surface area contributed by atoms with Crippen molar-refractivity contribution in [2.75, 3.05) is 18.8 Å². The molecule has 1 aliphatic heterocycles. The van der Waals surface area contributed by atoms with Crippen molar-refractivity contribution >= 4 is 27.0 Å². The Hall–Kier alpha value is -3.17. The molecule has 2 aromatic carbocycles. The molecule has 190 valence electrons. The van der Waals surface area contributed by atoms with Crippen LogP contribution in [0.4, 0.5) is 5.95 Å². The van der Waals surface area contributed by atoms with Gasteiger partial charge in [-0.25, -0.2) is 22.4 Å². The Labute approximate surface area is 212 Å². The molecule has 0 radical (unpaired) electrons. The number of fused-ring (bicyclic) bond motifs is 1. The molecule has 0 spiro atoms. The first-order chi connectivity index (χ1) is 17.2. The van der Waals surface area contributed by atoms with Crippen LogP contribution in [0.5, 0.6) is 0 Å². The average molecular weight is 507 g/mol. The molecule has 3 heterocycles. The molecule has 9 heteroatoms. The zero-order chi connectivity index (χ0) is 25.6. The van der Waals surface area contributed by atoms with Gasteiger partial charge in [0.15, 0.2) is 0 Å². The number of benzene rings is 2. The van der Waals surface area contributed by atoms with Crippen LogP contribution in [0.2, 0.25) is 0 Å². The fourth-order valence-electron chi connectivity index (χ4n) is 5.11. The lowest BCUT2D eigenvalue weighted by molar-refractivity contribution is 0.152. The van der Waals surface area contributed by atoms with E-state index in [-0.39, 0.29) is 5.95 Å². The van der Waals surface area contributed by atoms with Crippen LogP contribution in [-0.4, -0.2) is 56.2 Å². The fourth-order valence-corrected chi connectivity index (χ4v) is 6.25. The zero-order valence-electron chi connectivity index (χ0n) is 21.3. The number of hydrogen-bond donors (Lipinski definition) is 1. The molecule has 8 nitrogen and oxygen atoms in total. The lowest BCUT2D eigenvalue weighted by Crippen LogP contribution is -2.39. The van der Waals surface area contributed by atoms with Gasteiger partial charge in [-0.3, -0.25) is 0 Å². The summed E-state index contributed by atoms with van der Waals surface area (Å²) in [6, 6.07) is 16.7. The number of rotatable bonds is 6. The van der Waals surface area contributed by atoms with Gasteiger partial charge >= 0.3 is 0 Å². The average Bonchev–Trinajstić information content (AvgIpc) is 3.45. The quantitative estimate of drug-likeness (QED) is 0.404. The molecule has 36 heavy (non-hydrogen) atoms. The summed E-state index contributed by atoms with van der Waals surface area (Å²) in [5, 5.41) is -0.627. The molecule has 1 aliphatic rings. The van der Waals surface area contributed by atoms with Gasteiger partial charge in [0.2, 0.25) is 16.0 Å². The largest absolute Gasteiger partial charge is 0.368 e. The van der Waals surface area contributed by atoms with Gasteiger partial charge in [0.05, 0.1) is 34.0 Å². The highest BCUT2D eigenvalue weighted by Crippen LogP contribution is 2.38. The predicted octanol–water partition coefficient (Wildman–Crippen LogP) is 4.78. The smallest absolute Gasteiger partial charge is 0.244 e. The number of anilines is 1. The van der Waals surface area contributed by atoms with Crippen LogP contribution < -0.4 is 5.73 Å². The standard InChI is InChI=1S/C27H34N6O2S/c1-18(2)31-14-12-22(13-15-31)32-17-29-25(20-8-6-5-7-9-20)26(32)21-10-11-23-24(16-21)33(27(28)30-23)36(34,35)19(3)4/h5-11,16-19,22H,12-15H2,1-4H3,(H2,28,30). The van der Waals surface area contributed by atoms with E-state index in [1.165, 1.54) is 3.97 Å². The molecule has 1 saturated heterocycles. The van der Waals surface area contributed by atoms with E-state index in [0.717, 1.165) is 48.4 Å². The van der Waals surface area contributed by atoms with E-state index < -0.39 is 15.3 Å². The van der Waals surface area contributed by atoms with Crippen LogP contribution in [0.15, 0.2) is 54.9 Å². The van der Waals surface area contributed by atoms with Crippen LogP contribution in [-0.2, 0) is 10.0 Å². The topological polar surface area (TPSA) is 99.0 Å². The van der Waals surface area contributed by atoms with Crippen molar-refractivity contribution in [3.8, 4) is 22.5 Å². The minimum absolute atomic E-state index is 0.0197. The van der Waals surface area contributed by atoms with E-state index in [9.17, 15) is 8.42 Å². The summed E-state index contributed by atoms with van der Waals surface area (Å²) in [4.78, 5) is 11.7. The van der Waals surface area contributed by atoms with Crippen LogP contribution in [0.25, 0.3) is 33.5 Å². The summed E-state index contributed by atoms with van der Waals surface area (Å²) >= 11 is 0. The van der Waals surface area contributed by atoms with Gasteiger partial charge < -0.3 is 15.2 Å². The third-order valence-electron chi connectivity index (χ3n) is 7.22. The minimum atomic E-state index is -3.68. The van der Waals surface area contributed by atoms with E-state index in [1.807, 2.05) is 42.7 Å². The highest BCUT2D eigenvalue weighted by Gasteiger charge is 2.28. The molecule has 2 aromatic heterocycles. The molecule has 0 saturated carbocycles. The summed E-state index contributed by atoms with van der Waals surface area (Å²) in [6.07, 6.45) is 4.00. The molecule has 0 aliphatic carbocycles. The van der Waals surface area contributed by atoms with Crippen molar-refractivity contribution in [3.05, 3.63) is 54.9 Å². The molecule has 1 fully saturated rings. The van der Waals surface area contributed by atoms with Gasteiger partial charge in [-0.05, 0) is 52.7 Å². The molecule has 5 rings (SSSR count).